The molecule has 0 aliphatic rings. The minimum atomic E-state index is -3.67. The smallest absolute Gasteiger partial charge is 0.257 e. The van der Waals surface area contributed by atoms with Crippen LogP contribution in [0.5, 0.6) is 0 Å². The molecule has 5 nitrogen and oxygen atoms in total. The van der Waals surface area contributed by atoms with E-state index in [0.29, 0.717) is 0 Å². The number of benzene rings is 3. The van der Waals surface area contributed by atoms with E-state index in [1.54, 1.807) is 36.4 Å². The van der Waals surface area contributed by atoms with Crippen LogP contribution in [0.15, 0.2) is 78.9 Å². The second-order valence-electron chi connectivity index (χ2n) is 6.21. The van der Waals surface area contributed by atoms with E-state index in [4.69, 9.17) is 0 Å². The Hall–Kier alpha value is -3.19. The Morgan fingerprint density at radius 2 is 1.54 bits per heavy atom. The lowest BCUT2D eigenvalue weighted by atomic mass is 10.1. The largest absolute Gasteiger partial charge is 0.319 e. The lowest BCUT2D eigenvalue weighted by Gasteiger charge is -2.24. The molecule has 3 rings (SSSR count). The molecule has 0 atom stereocenters. The maximum Gasteiger partial charge on any atom is 0.257 e. The van der Waals surface area contributed by atoms with E-state index < -0.39 is 21.7 Å². The van der Waals surface area contributed by atoms with Crippen molar-refractivity contribution < 1.29 is 17.6 Å². The van der Waals surface area contributed by atoms with Crippen LogP contribution in [-0.4, -0.2) is 20.6 Å². The zero-order valence-corrected chi connectivity index (χ0v) is 16.0. The molecule has 0 spiro atoms. The highest BCUT2D eigenvalue weighted by atomic mass is 32.2. The molecule has 28 heavy (non-hydrogen) atoms. The fraction of sp³-hybridized carbons (Fsp3) is 0.0952. The Bertz CT molecular complexity index is 1090. The molecule has 0 unspecified atom stereocenters. The number of halogens is 1. The van der Waals surface area contributed by atoms with Crippen LogP contribution in [0.4, 0.5) is 15.8 Å². The molecule has 0 radical (unpaired) electrons. The van der Waals surface area contributed by atoms with Crippen LogP contribution in [-0.2, 0) is 16.6 Å². The fourth-order valence-corrected chi connectivity index (χ4v) is 3.67. The van der Waals surface area contributed by atoms with E-state index >= 15 is 0 Å². The molecular formula is C21H19FN2O3S. The van der Waals surface area contributed by atoms with Crippen molar-refractivity contribution in [2.24, 2.45) is 0 Å². The number of sulfonamides is 1. The van der Waals surface area contributed by atoms with Crippen LogP contribution < -0.4 is 9.62 Å². The van der Waals surface area contributed by atoms with Crippen LogP contribution in [0.2, 0.25) is 0 Å². The number of carbonyl (C=O) groups excluding carboxylic acids is 1. The zero-order chi connectivity index (χ0) is 20.1. The van der Waals surface area contributed by atoms with Gasteiger partial charge in [-0.2, -0.15) is 0 Å². The topological polar surface area (TPSA) is 66.5 Å². The van der Waals surface area contributed by atoms with Gasteiger partial charge in [0.1, 0.15) is 5.82 Å². The van der Waals surface area contributed by atoms with Crippen molar-refractivity contribution in [2.75, 3.05) is 15.9 Å². The van der Waals surface area contributed by atoms with Crippen molar-refractivity contribution in [3.63, 3.8) is 0 Å². The second kappa shape index (κ2) is 8.22. The van der Waals surface area contributed by atoms with Gasteiger partial charge in [-0.1, -0.05) is 54.6 Å². The molecule has 144 valence electrons. The van der Waals surface area contributed by atoms with Gasteiger partial charge in [0.15, 0.2) is 0 Å². The van der Waals surface area contributed by atoms with Crippen molar-refractivity contribution in [2.45, 2.75) is 6.54 Å². The van der Waals surface area contributed by atoms with Crippen LogP contribution in [0.25, 0.3) is 0 Å². The average Bonchev–Trinajstić information content (AvgIpc) is 2.68. The first kappa shape index (κ1) is 19.6. The predicted molar refractivity (Wildman–Crippen MR) is 108 cm³/mol. The Kier molecular flexibility index (Phi) is 5.75. The van der Waals surface area contributed by atoms with Crippen molar-refractivity contribution in [1.82, 2.24) is 0 Å². The summed E-state index contributed by atoms with van der Waals surface area (Å²) >= 11 is 0. The molecule has 0 aliphatic heterocycles. The summed E-state index contributed by atoms with van der Waals surface area (Å²) in [5, 5.41) is 2.50. The molecule has 3 aromatic rings. The van der Waals surface area contributed by atoms with Gasteiger partial charge in [-0.05, 0) is 29.8 Å². The highest BCUT2D eigenvalue weighted by Crippen LogP contribution is 2.26. The van der Waals surface area contributed by atoms with Crippen LogP contribution >= 0.6 is 0 Å². The highest BCUT2D eigenvalue weighted by molar-refractivity contribution is 7.92. The van der Waals surface area contributed by atoms with Gasteiger partial charge >= 0.3 is 0 Å². The lowest BCUT2D eigenvalue weighted by Crippen LogP contribution is -2.31. The van der Waals surface area contributed by atoms with E-state index in [-0.39, 0.29) is 23.5 Å². The molecule has 0 aliphatic carbocycles. The Morgan fingerprint density at radius 3 is 2.21 bits per heavy atom. The first-order valence-electron chi connectivity index (χ1n) is 8.53. The van der Waals surface area contributed by atoms with Crippen molar-refractivity contribution >= 4 is 27.3 Å². The van der Waals surface area contributed by atoms with Crippen molar-refractivity contribution in [3.8, 4) is 0 Å². The normalized spacial score (nSPS) is 11.1. The molecule has 0 aromatic heterocycles. The van der Waals surface area contributed by atoms with Crippen molar-refractivity contribution in [3.05, 3.63) is 95.8 Å². The quantitative estimate of drug-likeness (QED) is 0.681. The molecule has 7 heteroatoms. The first-order chi connectivity index (χ1) is 13.4. The summed E-state index contributed by atoms with van der Waals surface area (Å²) in [6.45, 7) is 0.0731. The molecule has 1 N–H and O–H groups in total. The number of amides is 1. The minimum absolute atomic E-state index is 0.0243. The fourth-order valence-electron chi connectivity index (χ4n) is 2.77. The number of carbonyl (C=O) groups is 1. The van der Waals surface area contributed by atoms with E-state index in [1.165, 1.54) is 28.6 Å². The maximum absolute atomic E-state index is 13.9. The van der Waals surface area contributed by atoms with Crippen LogP contribution in [0, 0.1) is 5.82 Å². The summed E-state index contributed by atoms with van der Waals surface area (Å²) in [6.07, 6.45) is 1.08. The number of nitrogens with one attached hydrogen (secondary N) is 1. The third-order valence-corrected chi connectivity index (χ3v) is 5.24. The third kappa shape index (κ3) is 4.55. The van der Waals surface area contributed by atoms with Crippen LogP contribution in [0.1, 0.15) is 15.9 Å². The van der Waals surface area contributed by atoms with Crippen molar-refractivity contribution in [1.29, 1.82) is 0 Å². The molecule has 0 heterocycles. The molecule has 0 fully saturated rings. The zero-order valence-electron chi connectivity index (χ0n) is 15.2. The summed E-state index contributed by atoms with van der Waals surface area (Å²) in [7, 11) is -3.67. The average molecular weight is 398 g/mol. The Morgan fingerprint density at radius 1 is 0.929 bits per heavy atom. The SMILES string of the molecule is CS(=O)(=O)N(Cc1ccccc1)c1ccccc1C(=O)Nc1ccccc1F. The van der Waals surface area contributed by atoms with E-state index in [2.05, 4.69) is 5.32 Å². The Balaban J connectivity index is 1.99. The maximum atomic E-state index is 13.9. The lowest BCUT2D eigenvalue weighted by molar-refractivity contribution is 0.102. The second-order valence-corrected chi connectivity index (χ2v) is 8.11. The van der Waals surface area contributed by atoms with E-state index in [9.17, 15) is 17.6 Å². The summed E-state index contributed by atoms with van der Waals surface area (Å²) in [5.41, 5.74) is 1.16. The van der Waals surface area contributed by atoms with Gasteiger partial charge < -0.3 is 5.32 Å². The number of hydrogen-bond donors (Lipinski definition) is 1. The van der Waals surface area contributed by atoms with Gasteiger partial charge in [0.2, 0.25) is 10.0 Å². The highest BCUT2D eigenvalue weighted by Gasteiger charge is 2.23. The molecule has 0 saturated carbocycles. The van der Waals surface area contributed by atoms with Gasteiger partial charge in [0.25, 0.3) is 5.91 Å². The van der Waals surface area contributed by atoms with Crippen LogP contribution in [0.3, 0.4) is 0 Å². The summed E-state index contributed by atoms with van der Waals surface area (Å²) in [5.74, 6) is -1.17. The number of hydrogen-bond acceptors (Lipinski definition) is 3. The molecule has 0 bridgehead atoms. The molecular weight excluding hydrogens is 379 g/mol. The molecule has 0 saturated heterocycles. The molecule has 3 aromatic carbocycles. The standard InChI is InChI=1S/C21H19FN2O3S/c1-28(26,27)24(15-16-9-3-2-4-10-16)20-14-8-5-11-17(20)21(25)23-19-13-7-6-12-18(19)22/h2-14H,15H2,1H3,(H,23,25). The number of rotatable bonds is 6. The number of anilines is 2. The van der Waals surface area contributed by atoms with Gasteiger partial charge in [-0.25, -0.2) is 12.8 Å². The summed E-state index contributed by atoms with van der Waals surface area (Å²) < 4.78 is 40.0. The third-order valence-electron chi connectivity index (χ3n) is 4.11. The van der Waals surface area contributed by atoms with E-state index in [1.807, 2.05) is 18.2 Å². The van der Waals surface area contributed by atoms with Gasteiger partial charge in [0.05, 0.1) is 29.7 Å². The number of nitrogens with zero attached hydrogens (tertiary/aromatic N) is 1. The van der Waals surface area contributed by atoms with Gasteiger partial charge in [-0.15, -0.1) is 0 Å². The molecule has 1 amide bonds. The first-order valence-corrected chi connectivity index (χ1v) is 10.4. The van der Waals surface area contributed by atoms with E-state index in [0.717, 1.165) is 11.8 Å². The Labute approximate surface area is 163 Å². The summed E-state index contributed by atoms with van der Waals surface area (Å²) in [6, 6.07) is 21.2. The monoisotopic (exact) mass is 398 g/mol. The van der Waals surface area contributed by atoms with Gasteiger partial charge in [-0.3, -0.25) is 9.10 Å². The summed E-state index contributed by atoms with van der Waals surface area (Å²) in [4.78, 5) is 12.8. The van der Waals surface area contributed by atoms with Gasteiger partial charge in [0, 0.05) is 0 Å². The number of para-hydroxylation sites is 2. The minimum Gasteiger partial charge on any atom is -0.319 e. The predicted octanol–water partition coefficient (Wildman–Crippen LogP) is 4.04.